The van der Waals surface area contributed by atoms with Gasteiger partial charge in [0.15, 0.2) is 0 Å². The van der Waals surface area contributed by atoms with Gasteiger partial charge in [-0.1, -0.05) is 45.0 Å². The number of fused-ring (bicyclic) bond motifs is 3. The highest BCUT2D eigenvalue weighted by Gasteiger charge is 2.29. The Morgan fingerprint density at radius 3 is 2.35 bits per heavy atom. The van der Waals surface area contributed by atoms with Crippen molar-refractivity contribution in [2.24, 2.45) is 11.1 Å². The first-order valence-corrected chi connectivity index (χ1v) is 8.29. The summed E-state index contributed by atoms with van der Waals surface area (Å²) in [6.07, 6.45) is -0.584. The molecule has 122 valence electrons. The average Bonchev–Trinajstić information content (AvgIpc) is 2.85. The van der Waals surface area contributed by atoms with Gasteiger partial charge in [0.2, 0.25) is 0 Å². The first-order chi connectivity index (χ1) is 10.8. The Morgan fingerprint density at radius 2 is 1.70 bits per heavy atom. The summed E-state index contributed by atoms with van der Waals surface area (Å²) in [5.41, 5.74) is 9.54. The minimum absolute atomic E-state index is 0.244. The predicted octanol–water partition coefficient (Wildman–Crippen LogP) is 4.22. The molecule has 0 spiro atoms. The first-order valence-electron chi connectivity index (χ1n) is 8.29. The van der Waals surface area contributed by atoms with Gasteiger partial charge in [0, 0.05) is 28.4 Å². The van der Waals surface area contributed by atoms with E-state index in [1.54, 1.807) is 0 Å². The molecular formula is C20H26N2O. The summed E-state index contributed by atoms with van der Waals surface area (Å²) in [7, 11) is 0. The van der Waals surface area contributed by atoms with Gasteiger partial charge in [-0.25, -0.2) is 0 Å². The number of rotatable bonds is 3. The van der Waals surface area contributed by atoms with Crippen molar-refractivity contribution in [3.63, 3.8) is 0 Å². The van der Waals surface area contributed by atoms with Gasteiger partial charge in [0.25, 0.3) is 0 Å². The summed E-state index contributed by atoms with van der Waals surface area (Å²) in [4.78, 5) is 0. The highest BCUT2D eigenvalue weighted by atomic mass is 16.3. The van der Waals surface area contributed by atoms with Crippen molar-refractivity contribution < 1.29 is 5.11 Å². The van der Waals surface area contributed by atoms with Crippen LogP contribution in [0.2, 0.25) is 0 Å². The van der Waals surface area contributed by atoms with Crippen LogP contribution in [-0.4, -0.2) is 15.8 Å². The van der Waals surface area contributed by atoms with E-state index >= 15 is 0 Å². The number of aromatic nitrogens is 1. The number of nitrogens with zero attached hydrogens (tertiary/aromatic N) is 1. The average molecular weight is 310 g/mol. The maximum atomic E-state index is 10.5. The van der Waals surface area contributed by atoms with Crippen molar-refractivity contribution in [2.45, 2.75) is 46.4 Å². The van der Waals surface area contributed by atoms with Crippen molar-refractivity contribution >= 4 is 21.8 Å². The molecule has 0 saturated heterocycles. The lowest BCUT2D eigenvalue weighted by molar-refractivity contribution is 0.0401. The van der Waals surface area contributed by atoms with E-state index in [2.05, 4.69) is 47.9 Å². The molecule has 0 fully saturated rings. The maximum absolute atomic E-state index is 10.5. The van der Waals surface area contributed by atoms with E-state index in [1.807, 2.05) is 26.8 Å². The molecule has 0 bridgehead atoms. The van der Waals surface area contributed by atoms with Crippen LogP contribution >= 0.6 is 0 Å². The maximum Gasteiger partial charge on any atom is 0.0780 e. The third-order valence-corrected chi connectivity index (χ3v) is 4.73. The number of para-hydroxylation sites is 1. The Labute approximate surface area is 137 Å². The van der Waals surface area contributed by atoms with Gasteiger partial charge in [0.1, 0.15) is 0 Å². The van der Waals surface area contributed by atoms with Gasteiger partial charge in [-0.3, -0.25) is 0 Å². The summed E-state index contributed by atoms with van der Waals surface area (Å²) >= 11 is 0. The zero-order valence-corrected chi connectivity index (χ0v) is 14.4. The molecule has 0 aliphatic heterocycles. The van der Waals surface area contributed by atoms with Crippen molar-refractivity contribution in [1.29, 1.82) is 0 Å². The summed E-state index contributed by atoms with van der Waals surface area (Å²) in [5.74, 6) is 0. The molecule has 0 unspecified atom stereocenters. The van der Waals surface area contributed by atoms with Crippen molar-refractivity contribution in [3.8, 4) is 0 Å². The standard InChI is InChI=1S/C20H26N2O/c1-5-22-16-9-7-6-8-14(16)15-12-13(10-11-17(15)22)18(21)19(23)20(2,3)4/h6-12,18-19,23H,5,21H2,1-4H3/t18-,19-/m1/s1. The van der Waals surface area contributed by atoms with E-state index in [-0.39, 0.29) is 11.5 Å². The van der Waals surface area contributed by atoms with Crippen molar-refractivity contribution in [1.82, 2.24) is 4.57 Å². The smallest absolute Gasteiger partial charge is 0.0780 e. The molecule has 3 N–H and O–H groups in total. The Kier molecular flexibility index (Phi) is 3.95. The molecule has 0 saturated carbocycles. The molecule has 3 aromatic rings. The van der Waals surface area contributed by atoms with Gasteiger partial charge in [-0.15, -0.1) is 0 Å². The number of aliphatic hydroxyl groups is 1. The molecule has 0 aliphatic rings. The van der Waals surface area contributed by atoms with Crippen LogP contribution in [0.1, 0.15) is 39.3 Å². The van der Waals surface area contributed by atoms with Crippen LogP contribution in [-0.2, 0) is 6.54 Å². The van der Waals surface area contributed by atoms with Crippen LogP contribution in [0.4, 0.5) is 0 Å². The third-order valence-electron chi connectivity index (χ3n) is 4.73. The van der Waals surface area contributed by atoms with Crippen LogP contribution in [0, 0.1) is 5.41 Å². The zero-order chi connectivity index (χ0) is 16.8. The van der Waals surface area contributed by atoms with E-state index in [4.69, 9.17) is 5.73 Å². The molecule has 3 heteroatoms. The van der Waals surface area contributed by atoms with E-state index in [9.17, 15) is 5.11 Å². The monoisotopic (exact) mass is 310 g/mol. The minimum atomic E-state index is -0.584. The van der Waals surface area contributed by atoms with Crippen LogP contribution in [0.25, 0.3) is 21.8 Å². The lowest BCUT2D eigenvalue weighted by atomic mass is 9.82. The molecule has 3 rings (SSSR count). The number of aliphatic hydroxyl groups excluding tert-OH is 1. The molecule has 23 heavy (non-hydrogen) atoms. The van der Waals surface area contributed by atoms with Gasteiger partial charge in [0.05, 0.1) is 12.1 Å². The number of hydrogen-bond acceptors (Lipinski definition) is 2. The van der Waals surface area contributed by atoms with E-state index in [1.165, 1.54) is 21.8 Å². The molecule has 2 atom stereocenters. The normalized spacial score (nSPS) is 15.2. The molecular weight excluding hydrogens is 284 g/mol. The van der Waals surface area contributed by atoms with Crippen molar-refractivity contribution in [3.05, 3.63) is 48.0 Å². The lowest BCUT2D eigenvalue weighted by Crippen LogP contribution is -2.36. The Morgan fingerprint density at radius 1 is 1.04 bits per heavy atom. The van der Waals surface area contributed by atoms with Gasteiger partial charge >= 0.3 is 0 Å². The number of benzene rings is 2. The fourth-order valence-electron chi connectivity index (χ4n) is 3.34. The van der Waals surface area contributed by atoms with Crippen LogP contribution < -0.4 is 5.73 Å². The van der Waals surface area contributed by atoms with E-state index in [0.717, 1.165) is 12.1 Å². The molecule has 1 aromatic heterocycles. The van der Waals surface area contributed by atoms with E-state index in [0.29, 0.717) is 0 Å². The number of hydrogen-bond donors (Lipinski definition) is 2. The summed E-state index contributed by atoms with van der Waals surface area (Å²) in [6.45, 7) is 9.13. The molecule has 0 radical (unpaired) electrons. The zero-order valence-electron chi connectivity index (χ0n) is 14.4. The highest BCUT2D eigenvalue weighted by Crippen LogP contribution is 2.33. The van der Waals surface area contributed by atoms with Crippen LogP contribution in [0.15, 0.2) is 42.5 Å². The van der Waals surface area contributed by atoms with Gasteiger partial charge in [-0.05, 0) is 36.1 Å². The SMILES string of the molecule is CCn1c2ccccc2c2cc([C@@H](N)[C@@H](O)C(C)(C)C)ccc21. The Bertz CT molecular complexity index is 842. The summed E-state index contributed by atoms with van der Waals surface area (Å²) in [6, 6.07) is 14.4. The molecule has 2 aromatic carbocycles. The first kappa shape index (κ1) is 16.0. The molecule has 0 aliphatic carbocycles. The second kappa shape index (κ2) is 5.66. The van der Waals surface area contributed by atoms with Gasteiger partial charge < -0.3 is 15.4 Å². The fraction of sp³-hybridized carbons (Fsp3) is 0.400. The third kappa shape index (κ3) is 2.64. The Balaban J connectivity index is 2.18. The van der Waals surface area contributed by atoms with Crippen LogP contribution in [0.3, 0.4) is 0 Å². The highest BCUT2D eigenvalue weighted by molar-refractivity contribution is 6.08. The minimum Gasteiger partial charge on any atom is -0.391 e. The summed E-state index contributed by atoms with van der Waals surface area (Å²) in [5, 5.41) is 13.0. The second-order valence-corrected chi connectivity index (χ2v) is 7.37. The molecule has 1 heterocycles. The molecule has 3 nitrogen and oxygen atoms in total. The number of aryl methyl sites for hydroxylation is 1. The quantitative estimate of drug-likeness (QED) is 0.761. The second-order valence-electron chi connectivity index (χ2n) is 7.37. The fourth-order valence-corrected chi connectivity index (χ4v) is 3.34. The molecule has 0 amide bonds. The lowest BCUT2D eigenvalue weighted by Gasteiger charge is -2.31. The van der Waals surface area contributed by atoms with Crippen molar-refractivity contribution in [2.75, 3.05) is 0 Å². The van der Waals surface area contributed by atoms with Crippen LogP contribution in [0.5, 0.6) is 0 Å². The summed E-state index contributed by atoms with van der Waals surface area (Å²) < 4.78 is 2.32. The van der Waals surface area contributed by atoms with Gasteiger partial charge in [-0.2, -0.15) is 0 Å². The predicted molar refractivity (Wildman–Crippen MR) is 97.5 cm³/mol. The topological polar surface area (TPSA) is 51.2 Å². The van der Waals surface area contributed by atoms with E-state index < -0.39 is 6.10 Å². The largest absolute Gasteiger partial charge is 0.391 e. The number of nitrogens with two attached hydrogens (primary N) is 1. The Hall–Kier alpha value is -1.84.